The van der Waals surface area contributed by atoms with Gasteiger partial charge in [-0.15, -0.1) is 0 Å². The third kappa shape index (κ3) is 4.50. The van der Waals surface area contributed by atoms with Crippen LogP contribution in [-0.2, 0) is 4.79 Å². The lowest BCUT2D eigenvalue weighted by Crippen LogP contribution is -2.09. The monoisotopic (exact) mass is 409 g/mol. The highest BCUT2D eigenvalue weighted by atomic mass is 16.6. The Bertz CT molecular complexity index is 1100. The summed E-state index contributed by atoms with van der Waals surface area (Å²) in [6, 6.07) is 14.8. The molecule has 0 bridgehead atoms. The van der Waals surface area contributed by atoms with Crippen LogP contribution < -0.4 is 10.1 Å². The summed E-state index contributed by atoms with van der Waals surface area (Å²) >= 11 is 0. The number of nitrogens with zero attached hydrogens (tertiary/aromatic N) is 2. The molecule has 0 radical (unpaired) electrons. The van der Waals surface area contributed by atoms with Crippen LogP contribution in [0.5, 0.6) is 5.75 Å². The maximum atomic E-state index is 12.2. The Morgan fingerprint density at radius 3 is 2.23 bits per heavy atom. The summed E-state index contributed by atoms with van der Waals surface area (Å²) in [5, 5.41) is 24.7. The van der Waals surface area contributed by atoms with Crippen molar-refractivity contribution in [2.75, 3.05) is 12.4 Å². The Balaban J connectivity index is 1.78. The van der Waals surface area contributed by atoms with Crippen molar-refractivity contribution in [3.8, 4) is 17.1 Å². The van der Waals surface area contributed by atoms with Gasteiger partial charge in [0.15, 0.2) is 0 Å². The molecular weight excluding hydrogens is 394 g/mol. The van der Waals surface area contributed by atoms with Gasteiger partial charge in [-0.1, -0.05) is 30.3 Å². The van der Waals surface area contributed by atoms with E-state index in [1.807, 2.05) is 30.3 Å². The third-order valence-corrected chi connectivity index (χ3v) is 4.00. The van der Waals surface area contributed by atoms with Gasteiger partial charge in [-0.25, -0.2) is 0 Å². The van der Waals surface area contributed by atoms with Crippen LogP contribution in [0.4, 0.5) is 17.1 Å². The Hall–Kier alpha value is -4.47. The van der Waals surface area contributed by atoms with E-state index in [1.165, 1.54) is 6.08 Å². The molecule has 152 valence electrons. The average Bonchev–Trinajstić information content (AvgIpc) is 3.21. The van der Waals surface area contributed by atoms with Crippen molar-refractivity contribution >= 4 is 29.0 Å². The standard InChI is InChI=1S/C20H15N3O7/c1-29-20-16(22(25)26)11-14(12-17(20)23(27)28)21-19(24)10-8-15-7-9-18(30-15)13-5-3-2-4-6-13/h2-12H,1H3,(H,21,24)/b10-8+. The van der Waals surface area contributed by atoms with E-state index in [2.05, 4.69) is 5.32 Å². The van der Waals surface area contributed by atoms with E-state index in [9.17, 15) is 25.0 Å². The quantitative estimate of drug-likeness (QED) is 0.346. The highest BCUT2D eigenvalue weighted by Gasteiger charge is 2.28. The van der Waals surface area contributed by atoms with E-state index in [4.69, 9.17) is 9.15 Å². The van der Waals surface area contributed by atoms with Crippen molar-refractivity contribution < 1.29 is 23.8 Å². The summed E-state index contributed by atoms with van der Waals surface area (Å²) in [4.78, 5) is 32.9. The largest absolute Gasteiger partial charge is 0.485 e. The smallest absolute Gasteiger partial charge is 0.320 e. The predicted octanol–water partition coefficient (Wildman–Crippen LogP) is 4.42. The molecule has 1 heterocycles. The molecule has 1 amide bonds. The van der Waals surface area contributed by atoms with Crippen LogP contribution in [0.3, 0.4) is 0 Å². The number of ether oxygens (including phenoxy) is 1. The molecule has 1 aromatic heterocycles. The molecular formula is C20H15N3O7. The highest BCUT2D eigenvalue weighted by molar-refractivity contribution is 6.02. The lowest BCUT2D eigenvalue weighted by molar-refractivity contribution is -0.395. The van der Waals surface area contributed by atoms with Crippen LogP contribution in [0.15, 0.2) is 65.1 Å². The Kier molecular flexibility index (Phi) is 5.87. The molecule has 0 aliphatic carbocycles. The number of rotatable bonds is 7. The van der Waals surface area contributed by atoms with E-state index in [0.29, 0.717) is 11.5 Å². The fraction of sp³-hybridized carbons (Fsp3) is 0.0500. The molecule has 0 unspecified atom stereocenters. The lowest BCUT2D eigenvalue weighted by Gasteiger charge is -2.06. The van der Waals surface area contributed by atoms with E-state index in [0.717, 1.165) is 30.9 Å². The van der Waals surface area contributed by atoms with Gasteiger partial charge in [0.25, 0.3) is 5.75 Å². The van der Waals surface area contributed by atoms with Crippen LogP contribution in [0.25, 0.3) is 17.4 Å². The number of nitro groups is 2. The second-order valence-corrected chi connectivity index (χ2v) is 5.95. The zero-order chi connectivity index (χ0) is 21.7. The van der Waals surface area contributed by atoms with Crippen LogP contribution in [-0.4, -0.2) is 22.9 Å². The summed E-state index contributed by atoms with van der Waals surface area (Å²) < 4.78 is 10.4. The number of methoxy groups -OCH3 is 1. The molecule has 0 aliphatic rings. The number of anilines is 1. The van der Waals surface area contributed by atoms with E-state index in [-0.39, 0.29) is 5.69 Å². The summed E-state index contributed by atoms with van der Waals surface area (Å²) in [5.74, 6) is -0.114. The first-order valence-electron chi connectivity index (χ1n) is 8.54. The predicted molar refractivity (Wildman–Crippen MR) is 108 cm³/mol. The SMILES string of the molecule is COc1c([N+](=O)[O-])cc(NC(=O)/C=C/c2ccc(-c3ccccc3)o2)cc1[N+](=O)[O-]. The Morgan fingerprint density at radius 2 is 1.67 bits per heavy atom. The van der Waals surface area contributed by atoms with Crippen molar-refractivity contribution in [3.63, 3.8) is 0 Å². The summed E-state index contributed by atoms with van der Waals surface area (Å²) in [7, 11) is 1.09. The van der Waals surface area contributed by atoms with Crippen molar-refractivity contribution in [1.82, 2.24) is 0 Å². The molecule has 3 rings (SSSR count). The van der Waals surface area contributed by atoms with E-state index < -0.39 is 32.9 Å². The maximum Gasteiger partial charge on any atom is 0.320 e. The minimum Gasteiger partial charge on any atom is -0.485 e. The number of amides is 1. The Labute approximate surface area is 169 Å². The van der Waals surface area contributed by atoms with Gasteiger partial charge in [0, 0.05) is 23.8 Å². The van der Waals surface area contributed by atoms with Gasteiger partial charge in [0.05, 0.1) is 22.6 Å². The zero-order valence-electron chi connectivity index (χ0n) is 15.6. The molecule has 10 nitrogen and oxygen atoms in total. The topological polar surface area (TPSA) is 138 Å². The fourth-order valence-electron chi connectivity index (χ4n) is 2.69. The van der Waals surface area contributed by atoms with Gasteiger partial charge in [-0.2, -0.15) is 0 Å². The molecule has 0 aliphatic heterocycles. The number of hydrogen-bond acceptors (Lipinski definition) is 7. The molecule has 10 heteroatoms. The first-order valence-corrected chi connectivity index (χ1v) is 8.54. The van der Waals surface area contributed by atoms with Gasteiger partial charge >= 0.3 is 11.4 Å². The van der Waals surface area contributed by atoms with Crippen molar-refractivity contribution in [2.45, 2.75) is 0 Å². The normalized spacial score (nSPS) is 10.7. The third-order valence-electron chi connectivity index (χ3n) is 4.00. The number of furan rings is 1. The lowest BCUT2D eigenvalue weighted by atomic mass is 10.2. The molecule has 0 saturated carbocycles. The molecule has 30 heavy (non-hydrogen) atoms. The number of hydrogen-bond donors (Lipinski definition) is 1. The summed E-state index contributed by atoms with van der Waals surface area (Å²) in [5.41, 5.74) is -0.512. The van der Waals surface area contributed by atoms with Gasteiger partial charge in [0.2, 0.25) is 5.91 Å². The molecule has 3 aromatic rings. The number of nitrogens with one attached hydrogen (secondary N) is 1. The van der Waals surface area contributed by atoms with Gasteiger partial charge in [-0.05, 0) is 18.2 Å². The summed E-state index contributed by atoms with van der Waals surface area (Å²) in [6.07, 6.45) is 2.56. The number of benzene rings is 2. The first kappa shape index (κ1) is 20.3. The molecule has 0 saturated heterocycles. The van der Waals surface area contributed by atoms with E-state index in [1.54, 1.807) is 12.1 Å². The number of carbonyl (C=O) groups excluding carboxylic acids is 1. The minimum absolute atomic E-state index is 0.117. The molecule has 2 aromatic carbocycles. The average molecular weight is 409 g/mol. The van der Waals surface area contributed by atoms with Crippen LogP contribution >= 0.6 is 0 Å². The molecule has 0 spiro atoms. The maximum absolute atomic E-state index is 12.2. The van der Waals surface area contributed by atoms with Crippen molar-refractivity contribution in [3.05, 3.63) is 86.7 Å². The van der Waals surface area contributed by atoms with Crippen molar-refractivity contribution in [1.29, 1.82) is 0 Å². The Morgan fingerprint density at radius 1 is 1.03 bits per heavy atom. The molecule has 0 atom stereocenters. The van der Waals surface area contributed by atoms with Gasteiger partial charge in [-0.3, -0.25) is 25.0 Å². The van der Waals surface area contributed by atoms with Crippen LogP contribution in [0.1, 0.15) is 5.76 Å². The molecule has 1 N–H and O–H groups in total. The zero-order valence-corrected chi connectivity index (χ0v) is 15.6. The second kappa shape index (κ2) is 8.69. The number of nitro benzene ring substituents is 2. The second-order valence-electron chi connectivity index (χ2n) is 5.95. The molecule has 0 fully saturated rings. The summed E-state index contributed by atoms with van der Waals surface area (Å²) in [6.45, 7) is 0. The van der Waals surface area contributed by atoms with E-state index >= 15 is 0 Å². The number of carbonyl (C=O) groups is 1. The van der Waals surface area contributed by atoms with Crippen molar-refractivity contribution in [2.24, 2.45) is 0 Å². The minimum atomic E-state index is -0.828. The van der Waals surface area contributed by atoms with Gasteiger partial charge in [0.1, 0.15) is 11.5 Å². The fourth-order valence-corrected chi connectivity index (χ4v) is 2.69. The van der Waals surface area contributed by atoms with Crippen LogP contribution in [0.2, 0.25) is 0 Å². The van der Waals surface area contributed by atoms with Crippen LogP contribution in [0, 0.1) is 20.2 Å². The highest BCUT2D eigenvalue weighted by Crippen LogP contribution is 2.39. The first-order chi connectivity index (χ1) is 14.4. The van der Waals surface area contributed by atoms with Gasteiger partial charge < -0.3 is 14.5 Å².